The third kappa shape index (κ3) is 2.04. The molecule has 0 saturated heterocycles. The van der Waals surface area contributed by atoms with E-state index in [1.807, 2.05) is 13.8 Å². The van der Waals surface area contributed by atoms with Gasteiger partial charge in [-0.3, -0.25) is 10.1 Å². The standard InChI is InChI=1S/C9H9N3O2S/c1-5-3-4-14-7(5)8(13)10-9-12-11-6(2)15-9/h3-4H,1-2H3,(H,10,12,13). The highest BCUT2D eigenvalue weighted by atomic mass is 32.1. The van der Waals surface area contributed by atoms with Gasteiger partial charge < -0.3 is 4.42 Å². The van der Waals surface area contributed by atoms with Gasteiger partial charge in [-0.15, -0.1) is 10.2 Å². The van der Waals surface area contributed by atoms with Crippen molar-refractivity contribution < 1.29 is 9.21 Å². The molecule has 15 heavy (non-hydrogen) atoms. The number of rotatable bonds is 2. The molecule has 2 rings (SSSR count). The Labute approximate surface area is 90.1 Å². The van der Waals surface area contributed by atoms with Crippen LogP contribution < -0.4 is 5.32 Å². The van der Waals surface area contributed by atoms with Gasteiger partial charge in [0.15, 0.2) is 5.76 Å². The molecule has 0 fully saturated rings. The zero-order valence-corrected chi connectivity index (χ0v) is 9.09. The van der Waals surface area contributed by atoms with Crippen LogP contribution in [-0.4, -0.2) is 16.1 Å². The van der Waals surface area contributed by atoms with E-state index in [1.54, 1.807) is 6.07 Å². The summed E-state index contributed by atoms with van der Waals surface area (Å²) in [7, 11) is 0. The van der Waals surface area contributed by atoms with Gasteiger partial charge in [-0.25, -0.2) is 0 Å². The molecule has 0 spiro atoms. The van der Waals surface area contributed by atoms with Crippen LogP contribution in [0.2, 0.25) is 0 Å². The summed E-state index contributed by atoms with van der Waals surface area (Å²) in [6.45, 7) is 3.63. The van der Waals surface area contributed by atoms with Crippen molar-refractivity contribution in [1.82, 2.24) is 10.2 Å². The summed E-state index contributed by atoms with van der Waals surface area (Å²) < 4.78 is 5.05. The number of aromatic nitrogens is 2. The topological polar surface area (TPSA) is 68.0 Å². The maximum absolute atomic E-state index is 11.6. The minimum atomic E-state index is -0.298. The van der Waals surface area contributed by atoms with Gasteiger partial charge in [0, 0.05) is 5.56 Å². The van der Waals surface area contributed by atoms with Crippen molar-refractivity contribution in [3.63, 3.8) is 0 Å². The predicted molar refractivity (Wildman–Crippen MR) is 56.0 cm³/mol. The van der Waals surface area contributed by atoms with Crippen molar-refractivity contribution in [3.8, 4) is 0 Å². The van der Waals surface area contributed by atoms with Crippen molar-refractivity contribution in [2.75, 3.05) is 5.32 Å². The molecule has 0 unspecified atom stereocenters. The number of hydrogen-bond acceptors (Lipinski definition) is 5. The van der Waals surface area contributed by atoms with Gasteiger partial charge in [0.25, 0.3) is 5.91 Å². The highest BCUT2D eigenvalue weighted by Gasteiger charge is 2.14. The largest absolute Gasteiger partial charge is 0.459 e. The van der Waals surface area contributed by atoms with E-state index in [0.717, 1.165) is 10.6 Å². The number of nitrogens with one attached hydrogen (secondary N) is 1. The fourth-order valence-corrected chi connectivity index (χ4v) is 1.69. The van der Waals surface area contributed by atoms with E-state index >= 15 is 0 Å². The fourth-order valence-electron chi connectivity index (χ4n) is 1.11. The van der Waals surface area contributed by atoms with E-state index in [9.17, 15) is 4.79 Å². The van der Waals surface area contributed by atoms with E-state index in [2.05, 4.69) is 15.5 Å². The molecule has 0 aliphatic carbocycles. The van der Waals surface area contributed by atoms with Gasteiger partial charge in [0.05, 0.1) is 6.26 Å². The Morgan fingerprint density at radius 1 is 1.47 bits per heavy atom. The first-order valence-electron chi connectivity index (χ1n) is 4.32. The number of hydrogen-bond donors (Lipinski definition) is 1. The molecule has 78 valence electrons. The third-order valence-corrected chi connectivity index (χ3v) is 2.57. The van der Waals surface area contributed by atoms with E-state index in [-0.39, 0.29) is 5.91 Å². The summed E-state index contributed by atoms with van der Waals surface area (Å²) >= 11 is 1.32. The summed E-state index contributed by atoms with van der Waals surface area (Å²) in [6, 6.07) is 1.74. The van der Waals surface area contributed by atoms with Gasteiger partial charge in [0.2, 0.25) is 5.13 Å². The van der Waals surface area contributed by atoms with Crippen LogP contribution in [0.25, 0.3) is 0 Å². The van der Waals surface area contributed by atoms with Crippen LogP contribution in [0.3, 0.4) is 0 Å². The van der Waals surface area contributed by atoms with Crippen LogP contribution in [0.5, 0.6) is 0 Å². The fraction of sp³-hybridized carbons (Fsp3) is 0.222. The number of amides is 1. The maximum Gasteiger partial charge on any atom is 0.293 e. The van der Waals surface area contributed by atoms with Crippen LogP contribution in [-0.2, 0) is 0 Å². The minimum Gasteiger partial charge on any atom is -0.459 e. The number of anilines is 1. The lowest BCUT2D eigenvalue weighted by molar-refractivity contribution is 0.0996. The molecule has 1 N–H and O–H groups in total. The lowest BCUT2D eigenvalue weighted by Crippen LogP contribution is -2.11. The summed E-state index contributed by atoms with van der Waals surface area (Å²) in [5, 5.41) is 11.5. The minimum absolute atomic E-state index is 0.298. The van der Waals surface area contributed by atoms with Crippen LogP contribution in [0.1, 0.15) is 21.1 Å². The van der Waals surface area contributed by atoms with Crippen LogP contribution in [0.4, 0.5) is 5.13 Å². The lowest BCUT2D eigenvalue weighted by atomic mass is 10.3. The Morgan fingerprint density at radius 3 is 2.80 bits per heavy atom. The monoisotopic (exact) mass is 223 g/mol. The summed E-state index contributed by atoms with van der Waals surface area (Å²) in [5.74, 6) is 0.0107. The highest BCUT2D eigenvalue weighted by Crippen LogP contribution is 2.16. The first kappa shape index (κ1) is 9.85. The molecule has 0 atom stereocenters. The van der Waals surface area contributed by atoms with E-state index in [0.29, 0.717) is 10.9 Å². The van der Waals surface area contributed by atoms with E-state index in [1.165, 1.54) is 17.6 Å². The normalized spacial score (nSPS) is 10.3. The molecule has 2 heterocycles. The third-order valence-electron chi connectivity index (χ3n) is 1.81. The molecular formula is C9H9N3O2S. The van der Waals surface area contributed by atoms with Gasteiger partial charge >= 0.3 is 0 Å². The van der Waals surface area contributed by atoms with Gasteiger partial charge in [-0.05, 0) is 19.9 Å². The van der Waals surface area contributed by atoms with Gasteiger partial charge in [0.1, 0.15) is 5.01 Å². The molecule has 0 bridgehead atoms. The molecule has 0 aromatic carbocycles. The molecule has 0 aliphatic rings. The molecule has 0 radical (unpaired) electrons. The molecule has 5 nitrogen and oxygen atoms in total. The summed E-state index contributed by atoms with van der Waals surface area (Å²) in [5.41, 5.74) is 0.800. The maximum atomic E-state index is 11.6. The second kappa shape index (κ2) is 3.82. The number of aryl methyl sites for hydroxylation is 2. The molecule has 0 saturated carbocycles. The first-order valence-corrected chi connectivity index (χ1v) is 5.14. The quantitative estimate of drug-likeness (QED) is 0.845. The SMILES string of the molecule is Cc1nnc(NC(=O)c2occc2C)s1. The lowest BCUT2D eigenvalue weighted by Gasteiger charge is -1.97. The van der Waals surface area contributed by atoms with Crippen molar-refractivity contribution in [2.45, 2.75) is 13.8 Å². The van der Waals surface area contributed by atoms with Gasteiger partial charge in [-0.2, -0.15) is 0 Å². The first-order chi connectivity index (χ1) is 7.16. The zero-order chi connectivity index (χ0) is 10.8. The van der Waals surface area contributed by atoms with Gasteiger partial charge in [-0.1, -0.05) is 11.3 Å². The second-order valence-corrected chi connectivity index (χ2v) is 4.19. The average Bonchev–Trinajstić information content (AvgIpc) is 2.75. The smallest absolute Gasteiger partial charge is 0.293 e. The Kier molecular flexibility index (Phi) is 2.51. The summed E-state index contributed by atoms with van der Waals surface area (Å²) in [4.78, 5) is 11.6. The average molecular weight is 223 g/mol. The highest BCUT2D eigenvalue weighted by molar-refractivity contribution is 7.15. The Hall–Kier alpha value is -1.69. The van der Waals surface area contributed by atoms with Crippen molar-refractivity contribution in [3.05, 3.63) is 28.7 Å². The molecule has 6 heteroatoms. The number of carbonyl (C=O) groups excluding carboxylic acids is 1. The number of carbonyl (C=O) groups is 1. The zero-order valence-electron chi connectivity index (χ0n) is 8.27. The molecule has 1 amide bonds. The molecule has 2 aromatic heterocycles. The van der Waals surface area contributed by atoms with Crippen LogP contribution >= 0.6 is 11.3 Å². The summed E-state index contributed by atoms with van der Waals surface area (Å²) in [6.07, 6.45) is 1.48. The Morgan fingerprint density at radius 2 is 2.27 bits per heavy atom. The Bertz CT molecular complexity index is 489. The number of nitrogens with zero attached hydrogens (tertiary/aromatic N) is 2. The predicted octanol–water partition coefficient (Wildman–Crippen LogP) is 2.00. The number of furan rings is 1. The van der Waals surface area contributed by atoms with Crippen molar-refractivity contribution >= 4 is 22.4 Å². The van der Waals surface area contributed by atoms with E-state index in [4.69, 9.17) is 4.42 Å². The molecular weight excluding hydrogens is 214 g/mol. The van der Waals surface area contributed by atoms with E-state index < -0.39 is 0 Å². The molecule has 0 aliphatic heterocycles. The van der Waals surface area contributed by atoms with Crippen molar-refractivity contribution in [2.24, 2.45) is 0 Å². The molecule has 2 aromatic rings. The van der Waals surface area contributed by atoms with Crippen LogP contribution in [0.15, 0.2) is 16.7 Å². The second-order valence-electron chi connectivity index (χ2n) is 3.01. The van der Waals surface area contributed by atoms with Crippen molar-refractivity contribution in [1.29, 1.82) is 0 Å². The Balaban J connectivity index is 2.14. The van der Waals surface area contributed by atoms with Crippen LogP contribution in [0, 0.1) is 13.8 Å².